The summed E-state index contributed by atoms with van der Waals surface area (Å²) in [6.07, 6.45) is 6.41. The largest absolute Gasteiger partial charge is 0.473 e. The van der Waals surface area contributed by atoms with Gasteiger partial charge < -0.3 is 19.7 Å². The van der Waals surface area contributed by atoms with E-state index in [0.29, 0.717) is 24.2 Å². The predicted molar refractivity (Wildman–Crippen MR) is 233 cm³/mol. The van der Waals surface area contributed by atoms with Crippen molar-refractivity contribution in [3.8, 4) is 17.4 Å². The van der Waals surface area contributed by atoms with Crippen molar-refractivity contribution < 1.29 is 27.1 Å². The highest BCUT2D eigenvalue weighted by Gasteiger charge is 2.34. The average molecular weight is 877 g/mol. The summed E-state index contributed by atoms with van der Waals surface area (Å²) < 4.78 is 56.4. The molecular weight excluding hydrogens is 828 g/mol. The first-order valence-corrected chi connectivity index (χ1v) is 22.4. The lowest BCUT2D eigenvalue weighted by molar-refractivity contribution is 0.0519. The molecule has 3 aromatic carbocycles. The van der Waals surface area contributed by atoms with Crippen molar-refractivity contribution in [3.05, 3.63) is 106 Å². The molecule has 0 radical (unpaired) electrons. The zero-order valence-corrected chi connectivity index (χ0v) is 35.9. The molecule has 3 aliphatic rings. The fourth-order valence-corrected chi connectivity index (χ4v) is 9.49. The summed E-state index contributed by atoms with van der Waals surface area (Å²) in [5.41, 5.74) is 4.37. The molecule has 0 atom stereocenters. The van der Waals surface area contributed by atoms with E-state index in [9.17, 15) is 13.2 Å². The third-order valence-electron chi connectivity index (χ3n) is 11.7. The number of fused-ring (bicyclic) bond motifs is 1. The van der Waals surface area contributed by atoms with Crippen molar-refractivity contribution in [1.82, 2.24) is 30.1 Å². The fourth-order valence-electron chi connectivity index (χ4n) is 8.14. The molecule has 5 aromatic rings. The maximum atomic E-state index is 15.1. The highest BCUT2D eigenvalue weighted by Crippen LogP contribution is 2.43. The van der Waals surface area contributed by atoms with Crippen LogP contribution in [0, 0.1) is 5.41 Å². The van der Waals surface area contributed by atoms with E-state index in [-0.39, 0.29) is 52.0 Å². The molecule has 60 heavy (non-hydrogen) atoms. The molecule has 0 spiro atoms. The van der Waals surface area contributed by atoms with Crippen LogP contribution in [0.2, 0.25) is 10.0 Å². The minimum absolute atomic E-state index is 0.00225. The molecule has 4 heterocycles. The van der Waals surface area contributed by atoms with Crippen LogP contribution >= 0.6 is 23.2 Å². The van der Waals surface area contributed by atoms with E-state index in [4.69, 9.17) is 32.7 Å². The number of aromatic nitrogens is 3. The first kappa shape index (κ1) is 42.0. The van der Waals surface area contributed by atoms with Gasteiger partial charge in [-0.25, -0.2) is 22.5 Å². The molecule has 1 aliphatic carbocycles. The van der Waals surface area contributed by atoms with Crippen molar-refractivity contribution in [2.24, 2.45) is 5.41 Å². The molecule has 2 aromatic heterocycles. The topological polar surface area (TPSA) is 142 Å². The van der Waals surface area contributed by atoms with Gasteiger partial charge in [-0.05, 0) is 104 Å². The Morgan fingerprint density at radius 2 is 1.72 bits per heavy atom. The number of amides is 1. The number of carbonyl (C=O) groups excluding carboxylic acids is 1. The van der Waals surface area contributed by atoms with E-state index in [2.05, 4.69) is 61.0 Å². The van der Waals surface area contributed by atoms with Gasteiger partial charge in [0.1, 0.15) is 33.7 Å². The number of piperazine rings is 1. The second-order valence-electron chi connectivity index (χ2n) is 16.6. The van der Waals surface area contributed by atoms with Gasteiger partial charge in [-0.2, -0.15) is 5.10 Å². The number of halogens is 3. The minimum atomic E-state index is -4.47. The molecule has 2 aliphatic heterocycles. The molecule has 316 valence electrons. The molecule has 3 N–H and O–H groups in total. The molecule has 2 saturated heterocycles. The normalized spacial score (nSPS) is 18.4. The number of nitrogens with zero attached hydrogens (tertiary/aromatic N) is 4. The van der Waals surface area contributed by atoms with Crippen LogP contribution in [-0.2, 0) is 10.0 Å². The van der Waals surface area contributed by atoms with Gasteiger partial charge in [0.15, 0.2) is 0 Å². The number of nitrogens with one attached hydrogen (secondary N) is 3. The van der Waals surface area contributed by atoms with Gasteiger partial charge in [-0.3, -0.25) is 14.8 Å². The Balaban J connectivity index is 0.994. The Hall–Kier alpha value is -4.73. The van der Waals surface area contributed by atoms with Gasteiger partial charge >= 0.3 is 0 Å². The average Bonchev–Trinajstić information content (AvgIpc) is 3.72. The minimum Gasteiger partial charge on any atom is -0.473 e. The van der Waals surface area contributed by atoms with Gasteiger partial charge in [-0.15, -0.1) is 0 Å². The van der Waals surface area contributed by atoms with Crippen LogP contribution in [-0.4, -0.2) is 92.5 Å². The van der Waals surface area contributed by atoms with E-state index in [0.717, 1.165) is 80.5 Å². The van der Waals surface area contributed by atoms with Crippen molar-refractivity contribution >= 4 is 61.3 Å². The van der Waals surface area contributed by atoms with Gasteiger partial charge in [0.2, 0.25) is 5.88 Å². The standard InChI is InChI=1S/C44H48Cl2FN7O5S/c1-43(2)13-12-30(35(24-43)29-6-8-31(45)9-7-29)27-53-18-20-54(21-19-53)32-10-11-34(40(22-32)59-39-5-3-4-38-36(39)26-50-51-38)41(55)52-60(56,57)33-23-37(46)42(49-25-33)58-28-44(47)14-16-48-17-15-44/h3-11,22-23,25-26,48H,12-21,24,27-28H2,1-2H3,(H,50,51)(H,52,55). The first-order chi connectivity index (χ1) is 28.7. The summed E-state index contributed by atoms with van der Waals surface area (Å²) in [5, 5.41) is 11.5. The van der Waals surface area contributed by atoms with Gasteiger partial charge in [-0.1, -0.05) is 60.8 Å². The van der Waals surface area contributed by atoms with E-state index in [1.807, 2.05) is 18.2 Å². The van der Waals surface area contributed by atoms with Crippen LogP contribution in [0.25, 0.3) is 16.5 Å². The Kier molecular flexibility index (Phi) is 12.1. The van der Waals surface area contributed by atoms with E-state index < -0.39 is 21.6 Å². The summed E-state index contributed by atoms with van der Waals surface area (Å²) in [6.45, 7) is 9.48. The molecule has 0 saturated carbocycles. The summed E-state index contributed by atoms with van der Waals surface area (Å²) in [7, 11) is -4.47. The zero-order chi connectivity index (χ0) is 42.1. The number of anilines is 1. The number of allylic oxidation sites excluding steroid dienone is 1. The maximum Gasteiger partial charge on any atom is 0.268 e. The van der Waals surface area contributed by atoms with Crippen LogP contribution < -0.4 is 24.4 Å². The van der Waals surface area contributed by atoms with Crippen molar-refractivity contribution in [3.63, 3.8) is 0 Å². The van der Waals surface area contributed by atoms with Gasteiger partial charge in [0.05, 0.1) is 28.9 Å². The highest BCUT2D eigenvalue weighted by atomic mass is 35.5. The van der Waals surface area contributed by atoms with Crippen LogP contribution in [0.5, 0.6) is 17.4 Å². The number of piperidine rings is 1. The van der Waals surface area contributed by atoms with Crippen LogP contribution in [0.15, 0.2) is 89.6 Å². The molecule has 0 bridgehead atoms. The highest BCUT2D eigenvalue weighted by molar-refractivity contribution is 7.90. The number of pyridine rings is 1. The zero-order valence-electron chi connectivity index (χ0n) is 33.6. The van der Waals surface area contributed by atoms with Crippen molar-refractivity contribution in [1.29, 1.82) is 0 Å². The monoisotopic (exact) mass is 875 g/mol. The molecule has 8 rings (SSSR count). The lowest BCUT2D eigenvalue weighted by Crippen LogP contribution is -2.47. The first-order valence-electron chi connectivity index (χ1n) is 20.2. The summed E-state index contributed by atoms with van der Waals surface area (Å²) >= 11 is 12.6. The second-order valence-corrected chi connectivity index (χ2v) is 19.2. The third kappa shape index (κ3) is 9.58. The van der Waals surface area contributed by atoms with Crippen LogP contribution in [0.3, 0.4) is 0 Å². The number of hydrogen-bond acceptors (Lipinski definition) is 10. The SMILES string of the molecule is CC1(C)CCC(CN2CCN(c3ccc(C(=O)NS(=O)(=O)c4cnc(OCC5(F)CCNCC5)c(Cl)c4)c(Oc4cccc5[nH]ncc45)c3)CC2)=C(c2ccc(Cl)cc2)C1. The number of ether oxygens (including phenoxy) is 2. The quantitative estimate of drug-likeness (QED) is 0.112. The number of alkyl halides is 1. The van der Waals surface area contributed by atoms with Crippen LogP contribution in [0.4, 0.5) is 10.1 Å². The van der Waals surface area contributed by atoms with Crippen molar-refractivity contribution in [2.75, 3.05) is 57.3 Å². The van der Waals surface area contributed by atoms with E-state index in [1.165, 1.54) is 16.7 Å². The van der Waals surface area contributed by atoms with Gasteiger partial charge in [0.25, 0.3) is 15.9 Å². The Morgan fingerprint density at radius 3 is 2.47 bits per heavy atom. The number of benzene rings is 3. The molecule has 2 fully saturated rings. The third-order valence-corrected chi connectivity index (χ3v) is 13.5. The van der Waals surface area contributed by atoms with Gasteiger partial charge in [0, 0.05) is 49.5 Å². The number of aromatic amines is 1. The Bertz CT molecular complexity index is 2520. The molecule has 1 amide bonds. The lowest BCUT2D eigenvalue weighted by atomic mass is 9.72. The fraction of sp³-hybridized carbons (Fsp3) is 0.386. The Labute approximate surface area is 359 Å². The molecular formula is C44H48Cl2FN7O5S. The maximum absolute atomic E-state index is 15.1. The molecule has 0 unspecified atom stereocenters. The van der Waals surface area contributed by atoms with Crippen LogP contribution in [0.1, 0.15) is 61.9 Å². The molecule has 16 heteroatoms. The Morgan fingerprint density at radius 1 is 0.950 bits per heavy atom. The molecule has 12 nitrogen and oxygen atoms in total. The van der Waals surface area contributed by atoms with E-state index in [1.54, 1.807) is 36.5 Å². The smallest absolute Gasteiger partial charge is 0.268 e. The summed E-state index contributed by atoms with van der Waals surface area (Å²) in [6, 6.07) is 19.9. The number of rotatable bonds is 12. The number of carbonyl (C=O) groups is 1. The summed E-state index contributed by atoms with van der Waals surface area (Å²) in [5.74, 6) is -0.415. The van der Waals surface area contributed by atoms with E-state index >= 15 is 4.39 Å². The number of H-pyrrole nitrogens is 1. The number of hydrogen-bond donors (Lipinski definition) is 3. The lowest BCUT2D eigenvalue weighted by Gasteiger charge is -2.39. The van der Waals surface area contributed by atoms with Crippen molar-refractivity contribution in [2.45, 2.75) is 56.5 Å². The number of sulfonamides is 1. The predicted octanol–water partition coefficient (Wildman–Crippen LogP) is 8.43. The second kappa shape index (κ2) is 17.3. The summed E-state index contributed by atoms with van der Waals surface area (Å²) in [4.78, 5) is 22.3.